The standard InChI is InChI=1S/C15H19N3O2S/c1-3-9-17-13(20)10-18(15(17)21)14(16-11(2)19)12-7-5-4-6-8-12/h4-8,14H,3,9-10H2,1-2H3,(H,16,19). The van der Waals surface area contributed by atoms with Crippen LogP contribution in [0.1, 0.15) is 32.0 Å². The molecule has 2 rings (SSSR count). The van der Waals surface area contributed by atoms with Crippen LogP contribution < -0.4 is 5.32 Å². The number of rotatable bonds is 5. The zero-order valence-electron chi connectivity index (χ0n) is 12.2. The highest BCUT2D eigenvalue weighted by Crippen LogP contribution is 2.24. The maximum absolute atomic E-state index is 12.1. The summed E-state index contributed by atoms with van der Waals surface area (Å²) in [5.74, 6) is -0.179. The average molecular weight is 305 g/mol. The van der Waals surface area contributed by atoms with Crippen molar-refractivity contribution in [2.75, 3.05) is 13.1 Å². The molecule has 6 heteroatoms. The highest BCUT2D eigenvalue weighted by Gasteiger charge is 2.37. The van der Waals surface area contributed by atoms with Crippen LogP contribution in [0.4, 0.5) is 0 Å². The van der Waals surface area contributed by atoms with E-state index in [2.05, 4.69) is 5.32 Å². The second-order valence-corrected chi connectivity index (χ2v) is 5.33. The number of benzene rings is 1. The molecule has 0 spiro atoms. The predicted molar refractivity (Wildman–Crippen MR) is 84.3 cm³/mol. The Kier molecular flexibility index (Phi) is 4.90. The van der Waals surface area contributed by atoms with Crippen LogP contribution in [-0.4, -0.2) is 39.8 Å². The van der Waals surface area contributed by atoms with Gasteiger partial charge in [-0.25, -0.2) is 0 Å². The first-order chi connectivity index (χ1) is 10.0. The molecule has 1 N–H and O–H groups in total. The van der Waals surface area contributed by atoms with E-state index in [0.717, 1.165) is 12.0 Å². The highest BCUT2D eigenvalue weighted by atomic mass is 32.1. The molecule has 1 heterocycles. The van der Waals surface area contributed by atoms with Crippen molar-refractivity contribution in [2.24, 2.45) is 0 Å². The number of hydrogen-bond acceptors (Lipinski definition) is 3. The summed E-state index contributed by atoms with van der Waals surface area (Å²) in [6.45, 7) is 4.26. The molecule has 2 amide bonds. The summed E-state index contributed by atoms with van der Waals surface area (Å²) in [4.78, 5) is 27.0. The van der Waals surface area contributed by atoms with E-state index < -0.39 is 6.17 Å². The quantitative estimate of drug-likeness (QED) is 0.841. The first-order valence-corrected chi connectivity index (χ1v) is 7.38. The normalized spacial score (nSPS) is 16.3. The van der Waals surface area contributed by atoms with Crippen LogP contribution in [0.2, 0.25) is 0 Å². The zero-order chi connectivity index (χ0) is 15.4. The molecular formula is C15H19N3O2S. The van der Waals surface area contributed by atoms with Gasteiger partial charge in [-0.2, -0.15) is 0 Å². The van der Waals surface area contributed by atoms with Gasteiger partial charge >= 0.3 is 0 Å². The molecule has 1 aliphatic rings. The fraction of sp³-hybridized carbons (Fsp3) is 0.400. The Morgan fingerprint density at radius 1 is 1.38 bits per heavy atom. The van der Waals surface area contributed by atoms with E-state index in [1.54, 1.807) is 9.80 Å². The van der Waals surface area contributed by atoms with Crippen LogP contribution in [0.15, 0.2) is 30.3 Å². The monoisotopic (exact) mass is 305 g/mol. The van der Waals surface area contributed by atoms with E-state index in [1.165, 1.54) is 6.92 Å². The molecule has 1 fully saturated rings. The summed E-state index contributed by atoms with van der Waals surface area (Å²) in [7, 11) is 0. The van der Waals surface area contributed by atoms with Gasteiger partial charge in [-0.05, 0) is 24.2 Å². The lowest BCUT2D eigenvalue weighted by atomic mass is 10.1. The van der Waals surface area contributed by atoms with Crippen molar-refractivity contribution in [1.29, 1.82) is 0 Å². The minimum atomic E-state index is -0.415. The Labute approximate surface area is 129 Å². The van der Waals surface area contributed by atoms with E-state index in [0.29, 0.717) is 11.7 Å². The predicted octanol–water partition coefficient (Wildman–Crippen LogP) is 1.66. The van der Waals surface area contributed by atoms with Crippen molar-refractivity contribution in [3.63, 3.8) is 0 Å². The van der Waals surface area contributed by atoms with E-state index in [9.17, 15) is 9.59 Å². The van der Waals surface area contributed by atoms with Crippen molar-refractivity contribution in [2.45, 2.75) is 26.4 Å². The summed E-state index contributed by atoms with van der Waals surface area (Å²) in [5, 5.41) is 3.35. The Balaban J connectivity index is 2.28. The maximum Gasteiger partial charge on any atom is 0.248 e. The number of thiocarbonyl (C=S) groups is 1. The van der Waals surface area contributed by atoms with Crippen molar-refractivity contribution < 1.29 is 9.59 Å². The van der Waals surface area contributed by atoms with Gasteiger partial charge in [0.2, 0.25) is 11.8 Å². The number of nitrogens with zero attached hydrogens (tertiary/aromatic N) is 2. The smallest absolute Gasteiger partial charge is 0.248 e. The largest absolute Gasteiger partial charge is 0.332 e. The minimum Gasteiger partial charge on any atom is -0.332 e. The van der Waals surface area contributed by atoms with Crippen molar-refractivity contribution in [3.8, 4) is 0 Å². The minimum absolute atomic E-state index is 0.0202. The molecular weight excluding hydrogens is 286 g/mol. The van der Waals surface area contributed by atoms with Gasteiger partial charge in [0.1, 0.15) is 12.7 Å². The Morgan fingerprint density at radius 3 is 2.62 bits per heavy atom. The maximum atomic E-state index is 12.1. The third-order valence-electron chi connectivity index (χ3n) is 3.30. The number of carbonyl (C=O) groups excluding carboxylic acids is 2. The lowest BCUT2D eigenvalue weighted by molar-refractivity contribution is -0.126. The molecule has 1 atom stereocenters. The lowest BCUT2D eigenvalue weighted by Crippen LogP contribution is -2.43. The Bertz CT molecular complexity index is 547. The summed E-state index contributed by atoms with van der Waals surface area (Å²) < 4.78 is 0. The third-order valence-corrected chi connectivity index (χ3v) is 3.75. The second-order valence-electron chi connectivity index (χ2n) is 4.97. The van der Waals surface area contributed by atoms with Gasteiger partial charge < -0.3 is 10.2 Å². The molecule has 1 aliphatic heterocycles. The molecule has 0 aromatic heterocycles. The SMILES string of the molecule is CCCN1C(=O)CN(C(NC(C)=O)c2ccccc2)C1=S. The molecule has 1 saturated heterocycles. The van der Waals surface area contributed by atoms with Crippen LogP contribution in [0.5, 0.6) is 0 Å². The number of amides is 2. The lowest BCUT2D eigenvalue weighted by Gasteiger charge is -2.30. The molecule has 0 bridgehead atoms. The first kappa shape index (κ1) is 15.4. The number of nitrogens with one attached hydrogen (secondary N) is 1. The highest BCUT2D eigenvalue weighted by molar-refractivity contribution is 7.80. The molecule has 5 nitrogen and oxygen atoms in total. The van der Waals surface area contributed by atoms with Crippen molar-refractivity contribution in [1.82, 2.24) is 15.1 Å². The molecule has 1 aromatic rings. The van der Waals surface area contributed by atoms with Gasteiger partial charge in [-0.15, -0.1) is 0 Å². The Morgan fingerprint density at radius 2 is 2.05 bits per heavy atom. The van der Waals surface area contributed by atoms with Crippen LogP contribution in [0.3, 0.4) is 0 Å². The Hall–Kier alpha value is -1.95. The molecule has 0 aliphatic carbocycles. The van der Waals surface area contributed by atoms with Crippen LogP contribution in [0, 0.1) is 0 Å². The molecule has 112 valence electrons. The van der Waals surface area contributed by atoms with E-state index >= 15 is 0 Å². The van der Waals surface area contributed by atoms with E-state index in [1.807, 2.05) is 37.3 Å². The summed E-state index contributed by atoms with van der Waals surface area (Å²) in [6.07, 6.45) is 0.428. The van der Waals surface area contributed by atoms with Gasteiger partial charge in [0.25, 0.3) is 0 Å². The summed E-state index contributed by atoms with van der Waals surface area (Å²) in [5.41, 5.74) is 0.904. The second kappa shape index (κ2) is 6.67. The molecule has 1 unspecified atom stereocenters. The number of carbonyl (C=O) groups is 2. The third kappa shape index (κ3) is 3.39. The molecule has 0 saturated carbocycles. The number of hydrogen-bond donors (Lipinski definition) is 1. The van der Waals surface area contributed by atoms with Gasteiger partial charge in [0, 0.05) is 13.5 Å². The molecule has 0 radical (unpaired) electrons. The fourth-order valence-corrected chi connectivity index (χ4v) is 2.74. The molecule has 1 aromatic carbocycles. The van der Waals surface area contributed by atoms with Crippen LogP contribution >= 0.6 is 12.2 Å². The van der Waals surface area contributed by atoms with Crippen LogP contribution in [-0.2, 0) is 9.59 Å². The van der Waals surface area contributed by atoms with Gasteiger partial charge in [0.05, 0.1) is 0 Å². The van der Waals surface area contributed by atoms with Gasteiger partial charge in [0.15, 0.2) is 5.11 Å². The van der Waals surface area contributed by atoms with E-state index in [4.69, 9.17) is 12.2 Å². The van der Waals surface area contributed by atoms with Gasteiger partial charge in [-0.1, -0.05) is 37.3 Å². The topological polar surface area (TPSA) is 52.7 Å². The summed E-state index contributed by atoms with van der Waals surface area (Å²) >= 11 is 5.41. The summed E-state index contributed by atoms with van der Waals surface area (Å²) in [6, 6.07) is 9.53. The van der Waals surface area contributed by atoms with Crippen molar-refractivity contribution >= 4 is 29.1 Å². The van der Waals surface area contributed by atoms with Gasteiger partial charge in [-0.3, -0.25) is 14.5 Å². The fourth-order valence-electron chi connectivity index (χ4n) is 2.38. The van der Waals surface area contributed by atoms with Crippen LogP contribution in [0.25, 0.3) is 0 Å². The van der Waals surface area contributed by atoms with Crippen molar-refractivity contribution in [3.05, 3.63) is 35.9 Å². The van der Waals surface area contributed by atoms with E-state index in [-0.39, 0.29) is 18.4 Å². The average Bonchev–Trinajstić information content (AvgIpc) is 2.74. The first-order valence-electron chi connectivity index (χ1n) is 6.97. The molecule has 21 heavy (non-hydrogen) atoms. The zero-order valence-corrected chi connectivity index (χ0v) is 13.0.